The van der Waals surface area contributed by atoms with E-state index in [1.165, 1.54) is 24.3 Å². The zero-order valence-corrected chi connectivity index (χ0v) is 13.9. The van der Waals surface area contributed by atoms with E-state index in [4.69, 9.17) is 9.68 Å². The first kappa shape index (κ1) is 16.4. The molecule has 0 amide bonds. The molecule has 0 fully saturated rings. The van der Waals surface area contributed by atoms with Gasteiger partial charge in [-0.2, -0.15) is 5.26 Å². The van der Waals surface area contributed by atoms with Crippen LogP contribution in [0.1, 0.15) is 41.3 Å². The summed E-state index contributed by atoms with van der Waals surface area (Å²) >= 11 is 0. The molecule has 1 aliphatic carbocycles. The summed E-state index contributed by atoms with van der Waals surface area (Å²) < 4.78 is 32.7. The SMILES string of the molecule is N#Cc1cc(F)cc(C2CCCc3oc(-c4ccc(F)cn4)nc3C2)c1. The van der Waals surface area contributed by atoms with Gasteiger partial charge in [0, 0.05) is 12.8 Å². The molecule has 26 heavy (non-hydrogen) atoms. The molecule has 0 aliphatic heterocycles. The molecule has 0 saturated carbocycles. The fraction of sp³-hybridized carbons (Fsp3) is 0.250. The van der Waals surface area contributed by atoms with Crippen LogP contribution in [0.25, 0.3) is 11.6 Å². The minimum Gasteiger partial charge on any atom is -0.440 e. The van der Waals surface area contributed by atoms with Crippen molar-refractivity contribution >= 4 is 0 Å². The first-order chi connectivity index (χ1) is 12.6. The molecule has 0 radical (unpaired) electrons. The number of fused-ring (bicyclic) bond motifs is 1. The Kier molecular flexibility index (Phi) is 4.21. The lowest BCUT2D eigenvalue weighted by molar-refractivity contribution is 0.504. The average molecular weight is 351 g/mol. The molecular formula is C20H15F2N3O. The van der Waals surface area contributed by atoms with Crippen molar-refractivity contribution in [1.29, 1.82) is 5.26 Å². The van der Waals surface area contributed by atoms with Gasteiger partial charge in [0.05, 0.1) is 23.5 Å². The summed E-state index contributed by atoms with van der Waals surface area (Å²) in [6.07, 6.45) is 4.21. The Morgan fingerprint density at radius 1 is 1.15 bits per heavy atom. The number of aromatic nitrogens is 2. The Morgan fingerprint density at radius 3 is 2.81 bits per heavy atom. The van der Waals surface area contributed by atoms with Gasteiger partial charge in [-0.3, -0.25) is 0 Å². The molecule has 4 rings (SSSR count). The van der Waals surface area contributed by atoms with E-state index in [1.54, 1.807) is 6.07 Å². The number of pyridine rings is 1. The molecule has 0 saturated heterocycles. The first-order valence-corrected chi connectivity index (χ1v) is 8.43. The van der Waals surface area contributed by atoms with Gasteiger partial charge in [-0.25, -0.2) is 18.7 Å². The van der Waals surface area contributed by atoms with Crippen LogP contribution in [0.15, 0.2) is 40.9 Å². The Hall–Kier alpha value is -3.07. The zero-order valence-electron chi connectivity index (χ0n) is 13.9. The number of oxazole rings is 1. The number of rotatable bonds is 2. The third-order valence-corrected chi connectivity index (χ3v) is 4.64. The fourth-order valence-corrected chi connectivity index (χ4v) is 3.39. The summed E-state index contributed by atoms with van der Waals surface area (Å²) in [7, 11) is 0. The lowest BCUT2D eigenvalue weighted by Gasteiger charge is -2.14. The first-order valence-electron chi connectivity index (χ1n) is 8.43. The predicted molar refractivity (Wildman–Crippen MR) is 90.2 cm³/mol. The van der Waals surface area contributed by atoms with Crippen LogP contribution in [0.2, 0.25) is 0 Å². The summed E-state index contributed by atoms with van der Waals surface area (Å²) in [5, 5.41) is 9.07. The number of hydrogen-bond acceptors (Lipinski definition) is 4. The highest BCUT2D eigenvalue weighted by atomic mass is 19.1. The predicted octanol–water partition coefficient (Wildman–Crippen LogP) is 4.55. The summed E-state index contributed by atoms with van der Waals surface area (Å²) in [5.74, 6) is 0.414. The molecule has 0 N–H and O–H groups in total. The number of benzene rings is 1. The van der Waals surface area contributed by atoms with E-state index >= 15 is 0 Å². The van der Waals surface area contributed by atoms with Gasteiger partial charge in [-0.1, -0.05) is 0 Å². The molecule has 2 heterocycles. The molecule has 2 aromatic heterocycles. The van der Waals surface area contributed by atoms with E-state index in [-0.39, 0.29) is 5.92 Å². The van der Waals surface area contributed by atoms with E-state index in [2.05, 4.69) is 9.97 Å². The van der Waals surface area contributed by atoms with E-state index in [9.17, 15) is 8.78 Å². The van der Waals surface area contributed by atoms with E-state index < -0.39 is 11.6 Å². The van der Waals surface area contributed by atoms with E-state index in [0.717, 1.165) is 42.5 Å². The topological polar surface area (TPSA) is 62.7 Å². The van der Waals surface area contributed by atoms with Crippen LogP contribution in [-0.4, -0.2) is 9.97 Å². The lowest BCUT2D eigenvalue weighted by atomic mass is 9.90. The Bertz CT molecular complexity index is 989. The van der Waals surface area contributed by atoms with Gasteiger partial charge in [-0.15, -0.1) is 0 Å². The van der Waals surface area contributed by atoms with Crippen LogP contribution in [0, 0.1) is 23.0 Å². The molecule has 0 spiro atoms. The number of halogens is 2. The van der Waals surface area contributed by atoms with Gasteiger partial charge in [0.25, 0.3) is 0 Å². The standard InChI is InChI=1S/C20H15F2N3O/c21-15-4-5-17(24-11-15)20-25-18-9-13(2-1-3-19(18)26-20)14-6-12(10-23)7-16(22)8-14/h4-8,11,13H,1-3,9H2. The Morgan fingerprint density at radius 2 is 2.04 bits per heavy atom. The largest absolute Gasteiger partial charge is 0.440 e. The highest BCUT2D eigenvalue weighted by Crippen LogP contribution is 2.34. The molecule has 4 nitrogen and oxygen atoms in total. The second-order valence-corrected chi connectivity index (χ2v) is 6.43. The number of nitriles is 1. The normalized spacial score (nSPS) is 16.6. The number of aryl methyl sites for hydroxylation is 1. The summed E-state index contributed by atoms with van der Waals surface area (Å²) in [6.45, 7) is 0. The van der Waals surface area contributed by atoms with Crippen LogP contribution < -0.4 is 0 Å². The van der Waals surface area contributed by atoms with Crippen LogP contribution in [-0.2, 0) is 12.8 Å². The van der Waals surface area contributed by atoms with Crippen LogP contribution in [0.4, 0.5) is 8.78 Å². The van der Waals surface area contributed by atoms with Crippen molar-refractivity contribution in [3.05, 3.63) is 70.7 Å². The van der Waals surface area contributed by atoms with Gasteiger partial charge in [0.2, 0.25) is 5.89 Å². The summed E-state index contributed by atoms with van der Waals surface area (Å²) in [5.41, 5.74) is 2.42. The van der Waals surface area contributed by atoms with Crippen LogP contribution >= 0.6 is 0 Å². The van der Waals surface area contributed by atoms with E-state index in [1.807, 2.05) is 6.07 Å². The maximum Gasteiger partial charge on any atom is 0.245 e. The fourth-order valence-electron chi connectivity index (χ4n) is 3.39. The minimum absolute atomic E-state index is 0.0678. The quantitative estimate of drug-likeness (QED) is 0.636. The van der Waals surface area contributed by atoms with Crippen molar-refractivity contribution in [1.82, 2.24) is 9.97 Å². The van der Waals surface area contributed by atoms with Crippen LogP contribution in [0.5, 0.6) is 0 Å². The molecule has 3 aromatic rings. The lowest BCUT2D eigenvalue weighted by Crippen LogP contribution is -2.03. The molecule has 0 bridgehead atoms. The second-order valence-electron chi connectivity index (χ2n) is 6.43. The smallest absolute Gasteiger partial charge is 0.245 e. The van der Waals surface area contributed by atoms with Gasteiger partial charge in [-0.05, 0) is 54.7 Å². The maximum absolute atomic E-state index is 13.8. The van der Waals surface area contributed by atoms with Crippen molar-refractivity contribution in [2.45, 2.75) is 31.6 Å². The molecule has 1 atom stereocenters. The molecular weight excluding hydrogens is 336 g/mol. The van der Waals surface area contributed by atoms with Crippen molar-refractivity contribution in [3.63, 3.8) is 0 Å². The van der Waals surface area contributed by atoms with Gasteiger partial charge >= 0.3 is 0 Å². The third kappa shape index (κ3) is 3.21. The monoisotopic (exact) mass is 351 g/mol. The molecule has 1 unspecified atom stereocenters. The van der Waals surface area contributed by atoms with Crippen molar-refractivity contribution in [3.8, 4) is 17.7 Å². The molecule has 1 aromatic carbocycles. The summed E-state index contributed by atoms with van der Waals surface area (Å²) in [6, 6.07) is 9.31. The molecule has 6 heteroatoms. The number of nitrogens with zero attached hydrogens (tertiary/aromatic N) is 3. The minimum atomic E-state index is -0.415. The van der Waals surface area contributed by atoms with E-state index in [0.29, 0.717) is 23.6 Å². The molecule has 130 valence electrons. The highest BCUT2D eigenvalue weighted by molar-refractivity contribution is 5.47. The maximum atomic E-state index is 13.8. The van der Waals surface area contributed by atoms with Gasteiger partial charge < -0.3 is 4.42 Å². The molecule has 1 aliphatic rings. The van der Waals surface area contributed by atoms with Gasteiger partial charge in [0.1, 0.15) is 23.1 Å². The summed E-state index contributed by atoms with van der Waals surface area (Å²) in [4.78, 5) is 8.55. The van der Waals surface area contributed by atoms with Crippen molar-refractivity contribution < 1.29 is 13.2 Å². The highest BCUT2D eigenvalue weighted by Gasteiger charge is 2.24. The average Bonchev–Trinajstić information content (AvgIpc) is 2.93. The van der Waals surface area contributed by atoms with Crippen molar-refractivity contribution in [2.75, 3.05) is 0 Å². The van der Waals surface area contributed by atoms with Crippen molar-refractivity contribution in [2.24, 2.45) is 0 Å². The van der Waals surface area contributed by atoms with Gasteiger partial charge in [0.15, 0.2) is 0 Å². The zero-order chi connectivity index (χ0) is 18.1. The Labute approximate surface area is 149 Å². The second kappa shape index (κ2) is 6.68. The Balaban J connectivity index is 1.65. The number of hydrogen-bond donors (Lipinski definition) is 0. The third-order valence-electron chi connectivity index (χ3n) is 4.64. The van der Waals surface area contributed by atoms with Crippen LogP contribution in [0.3, 0.4) is 0 Å².